The van der Waals surface area contributed by atoms with Crippen molar-refractivity contribution < 1.29 is 84.2 Å². The summed E-state index contributed by atoms with van der Waals surface area (Å²) in [6, 6.07) is 0. The van der Waals surface area contributed by atoms with Crippen LogP contribution in [0.4, 0.5) is 0 Å². The molecule has 12 heavy (non-hydrogen) atoms. The molecular weight excluding hydrogens is 345 g/mol. The fraction of sp³-hybridized carbons (Fsp3) is 1.00. The Bertz CT molecular complexity index is 128. The average molecular weight is 355 g/mol. The van der Waals surface area contributed by atoms with Crippen molar-refractivity contribution >= 4 is 9.84 Å². The standard InChI is InChI=1S/C4H10O2S.4ClH.Zr/c1-3-7(5,6)4-2;;;;;/h3-4H2,1-2H3;4*1H;/q;;;;;+4/p-4. The van der Waals surface area contributed by atoms with E-state index in [2.05, 4.69) is 0 Å². The van der Waals surface area contributed by atoms with Crippen LogP contribution in [-0.2, 0) is 36.0 Å². The molecule has 0 radical (unpaired) electrons. The van der Waals surface area contributed by atoms with Crippen LogP contribution in [0.25, 0.3) is 0 Å². The zero-order chi connectivity index (χ0) is 5.91. The second kappa shape index (κ2) is 18.7. The fourth-order valence-corrected chi connectivity index (χ4v) is 0.612. The Morgan fingerprint density at radius 3 is 1.00 bits per heavy atom. The summed E-state index contributed by atoms with van der Waals surface area (Å²) < 4.78 is 20.7. The molecule has 0 aliphatic heterocycles. The Kier molecular flexibility index (Phi) is 57.7. The largest absolute Gasteiger partial charge is 4.00 e. The van der Waals surface area contributed by atoms with Gasteiger partial charge < -0.3 is 49.6 Å². The number of halogens is 4. The van der Waals surface area contributed by atoms with Crippen molar-refractivity contribution in [3.8, 4) is 0 Å². The van der Waals surface area contributed by atoms with Gasteiger partial charge >= 0.3 is 26.2 Å². The van der Waals surface area contributed by atoms with Gasteiger partial charge in [-0.25, -0.2) is 8.42 Å². The second-order valence-electron chi connectivity index (χ2n) is 1.32. The van der Waals surface area contributed by atoms with E-state index in [1.54, 1.807) is 13.8 Å². The first-order chi connectivity index (χ1) is 3.12. The molecule has 0 aromatic heterocycles. The SMILES string of the molecule is CCS(=O)(=O)CC.[Cl-].[Cl-].[Cl-].[Cl-].[Zr+4]. The van der Waals surface area contributed by atoms with Crippen LogP contribution in [0.3, 0.4) is 0 Å². The van der Waals surface area contributed by atoms with Crippen LogP contribution in [0, 0.1) is 0 Å². The van der Waals surface area contributed by atoms with Crippen molar-refractivity contribution in [2.24, 2.45) is 0 Å². The molecule has 0 saturated carbocycles. The van der Waals surface area contributed by atoms with Crippen LogP contribution in [0.2, 0.25) is 0 Å². The molecule has 0 aromatic rings. The number of sulfone groups is 1. The smallest absolute Gasteiger partial charge is 1.00 e. The topological polar surface area (TPSA) is 34.1 Å². The van der Waals surface area contributed by atoms with Gasteiger partial charge in [-0.05, 0) is 0 Å². The quantitative estimate of drug-likeness (QED) is 0.493. The minimum absolute atomic E-state index is 0. The first-order valence-corrected chi connectivity index (χ1v) is 4.15. The molecule has 0 aromatic carbocycles. The van der Waals surface area contributed by atoms with Crippen LogP contribution in [0.1, 0.15) is 13.8 Å². The monoisotopic (exact) mass is 352 g/mol. The third-order valence-corrected chi connectivity index (χ3v) is 2.64. The van der Waals surface area contributed by atoms with E-state index < -0.39 is 9.84 Å². The predicted octanol–water partition coefficient (Wildman–Crippen LogP) is -11.5. The Labute approximate surface area is 118 Å². The molecule has 8 heteroatoms. The summed E-state index contributed by atoms with van der Waals surface area (Å²) in [5.41, 5.74) is 0. The summed E-state index contributed by atoms with van der Waals surface area (Å²) in [5, 5.41) is 0. The molecule has 0 saturated heterocycles. The van der Waals surface area contributed by atoms with E-state index in [9.17, 15) is 8.42 Å². The number of hydrogen-bond acceptors (Lipinski definition) is 2. The molecule has 0 aliphatic carbocycles. The van der Waals surface area contributed by atoms with Crippen LogP contribution >= 0.6 is 0 Å². The maximum absolute atomic E-state index is 10.4. The van der Waals surface area contributed by atoms with Gasteiger partial charge in [-0.2, -0.15) is 0 Å². The molecule has 0 atom stereocenters. The van der Waals surface area contributed by atoms with Gasteiger partial charge in [0.05, 0.1) is 0 Å². The molecular formula is C4H10Cl4O2SZr. The molecule has 0 aliphatic rings. The maximum Gasteiger partial charge on any atom is 4.00 e. The van der Waals surface area contributed by atoms with E-state index >= 15 is 0 Å². The molecule has 0 rings (SSSR count). The first kappa shape index (κ1) is 37.0. The van der Waals surface area contributed by atoms with E-state index in [4.69, 9.17) is 0 Å². The summed E-state index contributed by atoms with van der Waals surface area (Å²) in [5.74, 6) is 0.535. The molecule has 0 heterocycles. The van der Waals surface area contributed by atoms with Crippen molar-refractivity contribution in [3.63, 3.8) is 0 Å². The summed E-state index contributed by atoms with van der Waals surface area (Å²) >= 11 is 0. The molecule has 2 nitrogen and oxygen atoms in total. The van der Waals surface area contributed by atoms with Crippen molar-refractivity contribution in [3.05, 3.63) is 0 Å². The second-order valence-corrected chi connectivity index (χ2v) is 3.96. The van der Waals surface area contributed by atoms with Crippen molar-refractivity contribution in [1.29, 1.82) is 0 Å². The summed E-state index contributed by atoms with van der Waals surface area (Å²) in [7, 11) is -2.66. The van der Waals surface area contributed by atoms with Gasteiger partial charge in [0.25, 0.3) is 0 Å². The minimum atomic E-state index is -2.66. The van der Waals surface area contributed by atoms with Crippen molar-refractivity contribution in [1.82, 2.24) is 0 Å². The van der Waals surface area contributed by atoms with Gasteiger partial charge in [-0.1, -0.05) is 13.8 Å². The van der Waals surface area contributed by atoms with Gasteiger partial charge in [-0.15, -0.1) is 0 Å². The molecule has 0 unspecified atom stereocenters. The Morgan fingerprint density at radius 1 is 0.833 bits per heavy atom. The molecule has 76 valence electrons. The summed E-state index contributed by atoms with van der Waals surface area (Å²) in [6.07, 6.45) is 0. The van der Waals surface area contributed by atoms with Gasteiger partial charge in [0, 0.05) is 11.5 Å². The zero-order valence-corrected chi connectivity index (χ0v) is 12.9. The Hall–Kier alpha value is 1.99. The van der Waals surface area contributed by atoms with Crippen LogP contribution < -0.4 is 49.6 Å². The van der Waals surface area contributed by atoms with Crippen molar-refractivity contribution in [2.75, 3.05) is 11.5 Å². The maximum atomic E-state index is 10.4. The molecule has 0 fully saturated rings. The van der Waals surface area contributed by atoms with Gasteiger partial charge in [-0.3, -0.25) is 0 Å². The summed E-state index contributed by atoms with van der Waals surface area (Å²) in [4.78, 5) is 0. The normalized spacial score (nSPS) is 6.83. The third-order valence-electron chi connectivity index (χ3n) is 0.880. The first-order valence-electron chi connectivity index (χ1n) is 2.32. The van der Waals surface area contributed by atoms with Gasteiger partial charge in [0.2, 0.25) is 0 Å². The van der Waals surface area contributed by atoms with Crippen LogP contribution in [0.15, 0.2) is 0 Å². The van der Waals surface area contributed by atoms with E-state index in [1.165, 1.54) is 0 Å². The number of hydrogen-bond donors (Lipinski definition) is 0. The van der Waals surface area contributed by atoms with E-state index in [0.717, 1.165) is 0 Å². The van der Waals surface area contributed by atoms with E-state index in [1.807, 2.05) is 0 Å². The molecule has 0 spiro atoms. The average Bonchev–Trinajstić information content (AvgIpc) is 1.68. The Morgan fingerprint density at radius 2 is 1.00 bits per heavy atom. The van der Waals surface area contributed by atoms with Gasteiger partial charge in [0.1, 0.15) is 9.84 Å². The minimum Gasteiger partial charge on any atom is -1.00 e. The fourth-order valence-electron chi connectivity index (χ4n) is 0.204. The summed E-state index contributed by atoms with van der Waals surface area (Å²) in [6.45, 7) is 3.30. The molecule has 0 N–H and O–H groups in total. The predicted molar refractivity (Wildman–Crippen MR) is 30.0 cm³/mol. The molecule has 0 bridgehead atoms. The van der Waals surface area contributed by atoms with Crippen molar-refractivity contribution in [2.45, 2.75) is 13.8 Å². The Balaban J connectivity index is -0.0000000180. The number of rotatable bonds is 2. The van der Waals surface area contributed by atoms with Crippen LogP contribution in [-0.4, -0.2) is 19.9 Å². The van der Waals surface area contributed by atoms with E-state index in [0.29, 0.717) is 0 Å². The zero-order valence-electron chi connectivity index (χ0n) is 6.65. The van der Waals surface area contributed by atoms with E-state index in [-0.39, 0.29) is 87.3 Å². The van der Waals surface area contributed by atoms with Crippen LogP contribution in [0.5, 0.6) is 0 Å². The van der Waals surface area contributed by atoms with Gasteiger partial charge in [0.15, 0.2) is 0 Å². The molecule has 0 amide bonds. The third kappa shape index (κ3) is 22.7.